The van der Waals surface area contributed by atoms with E-state index in [0.29, 0.717) is 34.7 Å². The van der Waals surface area contributed by atoms with Gasteiger partial charge in [-0.25, -0.2) is 0 Å². The summed E-state index contributed by atoms with van der Waals surface area (Å²) in [6, 6.07) is 17.8. The maximum absolute atomic E-state index is 13.3. The van der Waals surface area contributed by atoms with Gasteiger partial charge in [-0.15, -0.1) is 0 Å². The minimum Gasteiger partial charge on any atom is -0.497 e. The number of fused-ring (bicyclic) bond motifs is 1. The van der Waals surface area contributed by atoms with Gasteiger partial charge in [-0.3, -0.25) is 14.6 Å². The van der Waals surface area contributed by atoms with Crippen molar-refractivity contribution < 1.29 is 14.3 Å². The molecule has 0 unspecified atom stereocenters. The van der Waals surface area contributed by atoms with E-state index in [0.717, 1.165) is 11.1 Å². The molecule has 2 aromatic heterocycles. The lowest BCUT2D eigenvalue weighted by Gasteiger charge is -2.23. The van der Waals surface area contributed by atoms with Crippen LogP contribution in [0, 0.1) is 0 Å². The van der Waals surface area contributed by atoms with Crippen LogP contribution in [0.5, 0.6) is 11.5 Å². The van der Waals surface area contributed by atoms with Crippen molar-refractivity contribution in [1.29, 1.82) is 0 Å². The highest BCUT2D eigenvalue weighted by molar-refractivity contribution is 6.05. The predicted molar refractivity (Wildman–Crippen MR) is 123 cm³/mol. The molecule has 7 nitrogen and oxygen atoms in total. The number of hydrogen-bond donors (Lipinski definition) is 1. The number of carbonyl (C=O) groups is 1. The molecule has 1 amide bonds. The SMILES string of the molecule is CCOc1ccc2[nH]c(=O)c(CN(C(=O)c3cccnc3)c3ccc(OC)cc3)cc2c1. The molecule has 0 spiro atoms. The van der Waals surface area contributed by atoms with Crippen LogP contribution in [0.4, 0.5) is 5.69 Å². The van der Waals surface area contributed by atoms with E-state index in [4.69, 9.17) is 9.47 Å². The quantitative estimate of drug-likeness (QED) is 0.476. The molecule has 0 atom stereocenters. The molecular formula is C25H23N3O4. The minimum atomic E-state index is -0.258. The first-order chi connectivity index (χ1) is 15.6. The van der Waals surface area contributed by atoms with Gasteiger partial charge >= 0.3 is 0 Å². The summed E-state index contributed by atoms with van der Waals surface area (Å²) in [6.45, 7) is 2.55. The second kappa shape index (κ2) is 9.34. The Hall–Kier alpha value is -4.13. The number of nitrogens with one attached hydrogen (secondary N) is 1. The molecule has 0 fully saturated rings. The Kier molecular flexibility index (Phi) is 6.17. The molecule has 0 saturated heterocycles. The number of anilines is 1. The van der Waals surface area contributed by atoms with E-state index >= 15 is 0 Å². The summed E-state index contributed by atoms with van der Waals surface area (Å²) in [5.41, 5.74) is 1.98. The number of hydrogen-bond acceptors (Lipinski definition) is 5. The molecule has 32 heavy (non-hydrogen) atoms. The largest absolute Gasteiger partial charge is 0.497 e. The Bertz CT molecular complexity index is 1280. The Morgan fingerprint density at radius 2 is 1.84 bits per heavy atom. The van der Waals surface area contributed by atoms with E-state index in [2.05, 4.69) is 9.97 Å². The van der Waals surface area contributed by atoms with E-state index in [9.17, 15) is 9.59 Å². The molecule has 162 valence electrons. The average Bonchev–Trinajstić information content (AvgIpc) is 2.83. The van der Waals surface area contributed by atoms with E-state index in [1.165, 1.54) is 6.20 Å². The smallest absolute Gasteiger partial charge is 0.260 e. The Labute approximate surface area is 185 Å². The average molecular weight is 429 g/mol. The van der Waals surface area contributed by atoms with Crippen molar-refractivity contribution in [1.82, 2.24) is 9.97 Å². The molecule has 0 aliphatic heterocycles. The number of methoxy groups -OCH3 is 1. The van der Waals surface area contributed by atoms with Crippen LogP contribution in [0.3, 0.4) is 0 Å². The van der Waals surface area contributed by atoms with Crippen molar-refractivity contribution >= 4 is 22.5 Å². The summed E-state index contributed by atoms with van der Waals surface area (Å²) >= 11 is 0. The van der Waals surface area contributed by atoms with E-state index in [-0.39, 0.29) is 18.0 Å². The molecule has 1 N–H and O–H groups in total. The zero-order chi connectivity index (χ0) is 22.5. The fourth-order valence-corrected chi connectivity index (χ4v) is 3.46. The van der Waals surface area contributed by atoms with E-state index < -0.39 is 0 Å². The van der Waals surface area contributed by atoms with Crippen molar-refractivity contribution in [3.8, 4) is 11.5 Å². The third-order valence-corrected chi connectivity index (χ3v) is 5.07. The number of aromatic amines is 1. The number of pyridine rings is 2. The number of aromatic nitrogens is 2. The van der Waals surface area contributed by atoms with E-state index in [1.807, 2.05) is 25.1 Å². The summed E-state index contributed by atoms with van der Waals surface area (Å²) < 4.78 is 10.8. The maximum atomic E-state index is 13.3. The number of ether oxygens (including phenoxy) is 2. The summed E-state index contributed by atoms with van der Waals surface area (Å²) in [5.74, 6) is 1.14. The number of benzene rings is 2. The van der Waals surface area contributed by atoms with Crippen LogP contribution in [0.1, 0.15) is 22.8 Å². The number of rotatable bonds is 7. The van der Waals surface area contributed by atoms with Gasteiger partial charge in [-0.2, -0.15) is 0 Å². The van der Waals surface area contributed by atoms with Crippen molar-refractivity contribution in [2.75, 3.05) is 18.6 Å². The van der Waals surface area contributed by atoms with Crippen LogP contribution in [0.25, 0.3) is 10.9 Å². The summed E-state index contributed by atoms with van der Waals surface area (Å²) in [7, 11) is 1.58. The molecule has 0 bridgehead atoms. The van der Waals surface area contributed by atoms with Gasteiger partial charge in [-0.1, -0.05) is 0 Å². The zero-order valence-corrected chi connectivity index (χ0v) is 17.9. The van der Waals surface area contributed by atoms with Crippen LogP contribution >= 0.6 is 0 Å². The molecule has 4 rings (SSSR count). The van der Waals surface area contributed by atoms with Crippen molar-refractivity contribution in [2.45, 2.75) is 13.5 Å². The van der Waals surface area contributed by atoms with Gasteiger partial charge in [0.05, 0.1) is 25.8 Å². The Morgan fingerprint density at radius 3 is 2.53 bits per heavy atom. The van der Waals surface area contributed by atoms with Gasteiger partial charge in [0.1, 0.15) is 11.5 Å². The van der Waals surface area contributed by atoms with Gasteiger partial charge in [0, 0.05) is 34.5 Å². The highest BCUT2D eigenvalue weighted by Gasteiger charge is 2.20. The Morgan fingerprint density at radius 1 is 1.06 bits per heavy atom. The summed E-state index contributed by atoms with van der Waals surface area (Å²) in [4.78, 5) is 34.7. The predicted octanol–water partition coefficient (Wildman–Crippen LogP) is 4.18. The maximum Gasteiger partial charge on any atom is 0.260 e. The first-order valence-corrected chi connectivity index (χ1v) is 10.2. The number of nitrogens with zero attached hydrogens (tertiary/aromatic N) is 2. The molecule has 0 aliphatic rings. The number of H-pyrrole nitrogens is 1. The van der Waals surface area contributed by atoms with Gasteiger partial charge in [0.2, 0.25) is 0 Å². The summed E-state index contributed by atoms with van der Waals surface area (Å²) in [6.07, 6.45) is 3.12. The molecule has 7 heteroatoms. The lowest BCUT2D eigenvalue weighted by atomic mass is 10.1. The van der Waals surface area contributed by atoms with Gasteiger partial charge in [0.15, 0.2) is 0 Å². The standard InChI is InChI=1S/C25H23N3O4/c1-3-32-22-10-11-23-18(14-22)13-19(24(29)27-23)16-28(20-6-8-21(31-2)9-7-20)25(30)17-5-4-12-26-15-17/h4-15H,3,16H2,1-2H3,(H,27,29). The fraction of sp³-hybridized carbons (Fsp3) is 0.160. The minimum absolute atomic E-state index is 0.0875. The lowest BCUT2D eigenvalue weighted by Crippen LogP contribution is -2.33. The van der Waals surface area contributed by atoms with Gasteiger partial charge < -0.3 is 19.4 Å². The topological polar surface area (TPSA) is 84.5 Å². The van der Waals surface area contributed by atoms with Crippen LogP contribution in [0.2, 0.25) is 0 Å². The first-order valence-electron chi connectivity index (χ1n) is 10.2. The third kappa shape index (κ3) is 4.46. The first kappa shape index (κ1) is 21.1. The molecule has 2 aromatic carbocycles. The monoisotopic (exact) mass is 429 g/mol. The van der Waals surface area contributed by atoms with Gasteiger partial charge in [0.25, 0.3) is 11.5 Å². The van der Waals surface area contributed by atoms with Crippen LogP contribution in [0.15, 0.2) is 77.9 Å². The molecule has 0 saturated carbocycles. The molecule has 2 heterocycles. The van der Waals surface area contributed by atoms with Crippen LogP contribution < -0.4 is 19.9 Å². The third-order valence-electron chi connectivity index (χ3n) is 5.07. The lowest BCUT2D eigenvalue weighted by molar-refractivity contribution is 0.0984. The Balaban J connectivity index is 1.75. The highest BCUT2D eigenvalue weighted by Crippen LogP contribution is 2.24. The fourth-order valence-electron chi connectivity index (χ4n) is 3.46. The number of carbonyl (C=O) groups excluding carboxylic acids is 1. The normalized spacial score (nSPS) is 10.7. The molecule has 0 aliphatic carbocycles. The second-order valence-electron chi connectivity index (χ2n) is 7.14. The molecular weight excluding hydrogens is 406 g/mol. The zero-order valence-electron chi connectivity index (χ0n) is 17.9. The molecule has 4 aromatic rings. The second-order valence-corrected chi connectivity index (χ2v) is 7.14. The highest BCUT2D eigenvalue weighted by atomic mass is 16.5. The molecule has 0 radical (unpaired) electrons. The summed E-state index contributed by atoms with van der Waals surface area (Å²) in [5, 5.41) is 0.828. The van der Waals surface area contributed by atoms with Gasteiger partial charge in [-0.05, 0) is 67.6 Å². The van der Waals surface area contributed by atoms with Crippen LogP contribution in [-0.2, 0) is 6.54 Å². The van der Waals surface area contributed by atoms with Crippen molar-refractivity contribution in [3.63, 3.8) is 0 Å². The van der Waals surface area contributed by atoms with Crippen molar-refractivity contribution in [2.24, 2.45) is 0 Å². The van der Waals surface area contributed by atoms with Crippen LogP contribution in [-0.4, -0.2) is 29.6 Å². The van der Waals surface area contributed by atoms with Crippen molar-refractivity contribution in [3.05, 3.63) is 94.5 Å². The number of amides is 1. The van der Waals surface area contributed by atoms with E-state index in [1.54, 1.807) is 60.7 Å².